The fourth-order valence-corrected chi connectivity index (χ4v) is 4.11. The quantitative estimate of drug-likeness (QED) is 0.485. The Balaban J connectivity index is 1.54. The maximum Gasteiger partial charge on any atom is 0.299 e. The molecule has 1 atom stereocenters. The third-order valence-electron chi connectivity index (χ3n) is 5.49. The summed E-state index contributed by atoms with van der Waals surface area (Å²) in [6.07, 6.45) is 2.60. The zero-order valence-electron chi connectivity index (χ0n) is 15.3. The molecule has 0 unspecified atom stereocenters. The Kier molecular flexibility index (Phi) is 3.17. The highest BCUT2D eigenvalue weighted by molar-refractivity contribution is 5.79. The van der Waals surface area contributed by atoms with Gasteiger partial charge in [0.1, 0.15) is 22.9 Å². The van der Waals surface area contributed by atoms with E-state index in [1.54, 1.807) is 6.33 Å². The van der Waals surface area contributed by atoms with Gasteiger partial charge in [-0.2, -0.15) is 4.98 Å². The fraction of sp³-hybridized carbons (Fsp3) is 0.182. The van der Waals surface area contributed by atoms with Gasteiger partial charge in [0, 0.05) is 24.0 Å². The molecular formula is C22H18N4O2. The van der Waals surface area contributed by atoms with Gasteiger partial charge in [-0.15, -0.1) is 0 Å². The highest BCUT2D eigenvalue weighted by atomic mass is 16.4. The summed E-state index contributed by atoms with van der Waals surface area (Å²) >= 11 is 0. The van der Waals surface area contributed by atoms with E-state index >= 15 is 0 Å². The molecule has 28 heavy (non-hydrogen) atoms. The number of imidazole rings is 1. The van der Waals surface area contributed by atoms with Gasteiger partial charge in [0.2, 0.25) is 0 Å². The van der Waals surface area contributed by atoms with Crippen molar-refractivity contribution in [1.29, 1.82) is 0 Å². The Labute approximate surface area is 160 Å². The molecular weight excluding hydrogens is 352 g/mol. The van der Waals surface area contributed by atoms with Crippen LogP contribution in [0, 0.1) is 6.92 Å². The summed E-state index contributed by atoms with van der Waals surface area (Å²) < 4.78 is 12.4. The summed E-state index contributed by atoms with van der Waals surface area (Å²) in [6.45, 7) is 2.80. The van der Waals surface area contributed by atoms with Crippen LogP contribution < -0.4 is 4.90 Å². The number of rotatable bonds is 2. The minimum absolute atomic E-state index is 0.184. The first-order chi connectivity index (χ1) is 13.8. The molecule has 6 rings (SSSR count). The molecule has 0 saturated carbocycles. The van der Waals surface area contributed by atoms with E-state index in [1.807, 2.05) is 43.3 Å². The van der Waals surface area contributed by atoms with Crippen molar-refractivity contribution in [2.45, 2.75) is 19.4 Å². The monoisotopic (exact) mass is 370 g/mol. The first-order valence-electron chi connectivity index (χ1n) is 9.41. The topological polar surface area (TPSA) is 71.1 Å². The van der Waals surface area contributed by atoms with Crippen molar-refractivity contribution in [3.8, 4) is 0 Å². The zero-order chi connectivity index (χ0) is 18.7. The van der Waals surface area contributed by atoms with Crippen molar-refractivity contribution >= 4 is 28.1 Å². The van der Waals surface area contributed by atoms with E-state index in [4.69, 9.17) is 13.8 Å². The first kappa shape index (κ1) is 15.5. The van der Waals surface area contributed by atoms with Gasteiger partial charge in [0.15, 0.2) is 5.58 Å². The molecule has 0 bridgehead atoms. The first-order valence-corrected chi connectivity index (χ1v) is 9.41. The lowest BCUT2D eigenvalue weighted by Crippen LogP contribution is -2.36. The number of hydrogen-bond acceptors (Lipinski definition) is 5. The molecule has 5 aromatic rings. The molecule has 0 fully saturated rings. The largest absolute Gasteiger partial charge is 0.458 e. The second kappa shape index (κ2) is 5.73. The molecule has 6 nitrogen and oxygen atoms in total. The van der Waals surface area contributed by atoms with Gasteiger partial charge in [-0.05, 0) is 30.7 Å². The van der Waals surface area contributed by atoms with E-state index in [0.29, 0.717) is 6.01 Å². The Hall–Kier alpha value is -3.54. The average molecular weight is 370 g/mol. The van der Waals surface area contributed by atoms with Crippen molar-refractivity contribution in [3.05, 3.63) is 77.6 Å². The van der Waals surface area contributed by atoms with Crippen molar-refractivity contribution in [3.63, 3.8) is 0 Å². The zero-order valence-corrected chi connectivity index (χ0v) is 15.3. The molecule has 2 aromatic carbocycles. The van der Waals surface area contributed by atoms with Crippen LogP contribution in [0.15, 0.2) is 63.7 Å². The molecule has 4 heterocycles. The predicted molar refractivity (Wildman–Crippen MR) is 106 cm³/mol. The van der Waals surface area contributed by atoms with Crippen LogP contribution in [-0.2, 0) is 6.42 Å². The van der Waals surface area contributed by atoms with Crippen LogP contribution in [-0.4, -0.2) is 21.5 Å². The normalized spacial score (nSPS) is 16.8. The molecule has 0 spiro atoms. The third kappa shape index (κ3) is 2.21. The number of hydrogen-bond donors (Lipinski definition) is 1. The number of H-pyrrole nitrogens is 1. The van der Waals surface area contributed by atoms with Gasteiger partial charge >= 0.3 is 0 Å². The molecule has 0 amide bonds. The van der Waals surface area contributed by atoms with E-state index in [2.05, 4.69) is 27.0 Å². The molecule has 1 aliphatic heterocycles. The third-order valence-corrected chi connectivity index (χ3v) is 5.49. The summed E-state index contributed by atoms with van der Waals surface area (Å²) in [5.41, 5.74) is 5.74. The molecule has 1 N–H and O–H groups in total. The predicted octanol–water partition coefficient (Wildman–Crippen LogP) is 4.76. The van der Waals surface area contributed by atoms with Crippen LogP contribution in [0.25, 0.3) is 22.1 Å². The van der Waals surface area contributed by atoms with Crippen LogP contribution in [0.5, 0.6) is 0 Å². The minimum atomic E-state index is -0.184. The summed E-state index contributed by atoms with van der Waals surface area (Å²) in [7, 11) is 0. The molecule has 0 aliphatic carbocycles. The van der Waals surface area contributed by atoms with Gasteiger partial charge in [0.25, 0.3) is 6.01 Å². The lowest BCUT2D eigenvalue weighted by atomic mass is 10.0. The van der Waals surface area contributed by atoms with E-state index < -0.39 is 0 Å². The van der Waals surface area contributed by atoms with Crippen LogP contribution in [0.1, 0.15) is 28.8 Å². The second-order valence-electron chi connectivity index (χ2n) is 7.22. The van der Waals surface area contributed by atoms with Crippen molar-refractivity contribution in [2.24, 2.45) is 0 Å². The van der Waals surface area contributed by atoms with Gasteiger partial charge in [-0.1, -0.05) is 30.3 Å². The number of benzene rings is 2. The summed E-state index contributed by atoms with van der Waals surface area (Å²) in [5.74, 6) is 0.841. The van der Waals surface area contributed by atoms with Gasteiger partial charge in [0.05, 0.1) is 12.0 Å². The number of aromatic amines is 1. The standard InChI is InChI=1S/C22H18N4O2/c1-13-5-4-7-16-21(13)28-22(25-16)26-10-9-15-19(24-12-23-15)20(26)18-11-14-6-2-3-8-17(14)27-18/h2-8,11-12,20H,9-10H2,1H3,(H,23,24)/t20-/m0/s1. The maximum atomic E-state index is 6.22. The number of nitrogens with zero attached hydrogens (tertiary/aromatic N) is 3. The number of aryl methyl sites for hydroxylation is 1. The molecule has 0 radical (unpaired) electrons. The smallest absolute Gasteiger partial charge is 0.299 e. The molecule has 6 heteroatoms. The minimum Gasteiger partial charge on any atom is -0.458 e. The van der Waals surface area contributed by atoms with Crippen LogP contribution >= 0.6 is 0 Å². The highest BCUT2D eigenvalue weighted by Crippen LogP contribution is 2.39. The van der Waals surface area contributed by atoms with Crippen molar-refractivity contribution < 1.29 is 8.83 Å². The van der Waals surface area contributed by atoms with Crippen LogP contribution in [0.3, 0.4) is 0 Å². The molecule has 1 aliphatic rings. The lowest BCUT2D eigenvalue weighted by molar-refractivity contribution is 0.458. The Morgan fingerprint density at radius 2 is 2.04 bits per heavy atom. The van der Waals surface area contributed by atoms with Crippen LogP contribution in [0.2, 0.25) is 0 Å². The number of anilines is 1. The fourth-order valence-electron chi connectivity index (χ4n) is 4.11. The number of nitrogens with one attached hydrogen (secondary N) is 1. The van der Waals surface area contributed by atoms with E-state index in [-0.39, 0.29) is 6.04 Å². The molecule has 3 aromatic heterocycles. The Bertz CT molecular complexity index is 1280. The average Bonchev–Trinajstić information content (AvgIpc) is 3.44. The van der Waals surface area contributed by atoms with Gasteiger partial charge in [-0.25, -0.2) is 4.98 Å². The lowest BCUT2D eigenvalue weighted by Gasteiger charge is -2.32. The summed E-state index contributed by atoms with van der Waals surface area (Å²) in [6, 6.07) is 16.6. The van der Waals surface area contributed by atoms with Crippen LogP contribution in [0.4, 0.5) is 6.01 Å². The number of furan rings is 1. The summed E-state index contributed by atoms with van der Waals surface area (Å²) in [5, 5.41) is 1.08. The number of aromatic nitrogens is 3. The Morgan fingerprint density at radius 1 is 1.11 bits per heavy atom. The number of fused-ring (bicyclic) bond motifs is 3. The maximum absolute atomic E-state index is 6.22. The van der Waals surface area contributed by atoms with Gasteiger partial charge < -0.3 is 18.7 Å². The van der Waals surface area contributed by atoms with Gasteiger partial charge in [-0.3, -0.25) is 0 Å². The highest BCUT2D eigenvalue weighted by Gasteiger charge is 2.36. The van der Waals surface area contributed by atoms with Crippen molar-refractivity contribution in [1.82, 2.24) is 15.0 Å². The molecule has 138 valence electrons. The van der Waals surface area contributed by atoms with E-state index in [1.165, 1.54) is 0 Å². The number of para-hydroxylation sites is 2. The Morgan fingerprint density at radius 3 is 2.93 bits per heavy atom. The summed E-state index contributed by atoms with van der Waals surface area (Å²) in [4.78, 5) is 14.8. The van der Waals surface area contributed by atoms with Crippen molar-refractivity contribution in [2.75, 3.05) is 11.4 Å². The number of oxazole rings is 1. The molecule has 0 saturated heterocycles. The van der Waals surface area contributed by atoms with E-state index in [0.717, 1.165) is 57.7 Å². The SMILES string of the molecule is Cc1cccc2nc(N3CCc4[nH]cnc4[C@@H]3c3cc4ccccc4o3)oc12. The second-order valence-corrected chi connectivity index (χ2v) is 7.22. The van der Waals surface area contributed by atoms with E-state index in [9.17, 15) is 0 Å².